The van der Waals surface area contributed by atoms with Crippen LogP contribution < -0.4 is 0 Å². The van der Waals surface area contributed by atoms with Gasteiger partial charge in [0.15, 0.2) is 0 Å². The van der Waals surface area contributed by atoms with E-state index in [4.69, 9.17) is 11.6 Å². The molecule has 2 atom stereocenters. The van der Waals surface area contributed by atoms with Crippen molar-refractivity contribution in [3.63, 3.8) is 0 Å². The molecule has 0 spiro atoms. The van der Waals surface area contributed by atoms with Crippen molar-refractivity contribution in [2.45, 2.75) is 25.4 Å². The van der Waals surface area contributed by atoms with Gasteiger partial charge < -0.3 is 5.11 Å². The first-order valence-electron chi connectivity index (χ1n) is 6.89. The monoisotopic (exact) mass is 321 g/mol. The number of rotatable bonds is 3. The molecule has 0 bridgehead atoms. The van der Waals surface area contributed by atoms with Crippen molar-refractivity contribution in [3.05, 3.63) is 56.7 Å². The fourth-order valence-electron chi connectivity index (χ4n) is 2.99. The molecule has 1 aromatic carbocycles. The molecule has 0 radical (unpaired) electrons. The third kappa shape index (κ3) is 2.71. The lowest BCUT2D eigenvalue weighted by atomic mass is 9.91. The summed E-state index contributed by atoms with van der Waals surface area (Å²) in [6.07, 6.45) is 0.878. The molecule has 3 nitrogen and oxygen atoms in total. The van der Waals surface area contributed by atoms with E-state index in [-0.39, 0.29) is 6.04 Å². The first-order chi connectivity index (χ1) is 10.1. The molecule has 3 rings (SSSR count). The van der Waals surface area contributed by atoms with Crippen LogP contribution in [0.25, 0.3) is 0 Å². The molecule has 1 aromatic heterocycles. The maximum atomic E-state index is 11.8. The van der Waals surface area contributed by atoms with Crippen LogP contribution >= 0.6 is 22.9 Å². The van der Waals surface area contributed by atoms with Gasteiger partial charge in [-0.25, -0.2) is 0 Å². The summed E-state index contributed by atoms with van der Waals surface area (Å²) in [5.74, 6) is -0.795. The predicted molar refractivity (Wildman–Crippen MR) is 85.0 cm³/mol. The summed E-state index contributed by atoms with van der Waals surface area (Å²) in [6.45, 7) is 2.79. The molecule has 1 aliphatic heterocycles. The Morgan fingerprint density at radius 2 is 2.14 bits per heavy atom. The van der Waals surface area contributed by atoms with Crippen LogP contribution in [-0.2, 0) is 11.2 Å². The van der Waals surface area contributed by atoms with Crippen molar-refractivity contribution in [2.24, 2.45) is 0 Å². The van der Waals surface area contributed by atoms with Crippen LogP contribution in [0.15, 0.2) is 36.4 Å². The molecule has 0 aliphatic carbocycles. The fraction of sp³-hybridized carbons (Fsp3) is 0.312. The standard InChI is InChI=1S/C16H16ClNO2S/c1-10(13-6-7-14(17)21-13)18-9-8-11-4-2-3-5-12(11)15(18)16(19)20/h2-7,10,15H,8-9H2,1H3,(H,19,20). The number of carboxylic acid groups (broad SMARTS) is 1. The Labute approximate surface area is 132 Å². The average molecular weight is 322 g/mol. The Balaban J connectivity index is 1.97. The second-order valence-corrected chi connectivity index (χ2v) is 6.99. The third-order valence-corrected chi connectivity index (χ3v) is 5.46. The van der Waals surface area contributed by atoms with Gasteiger partial charge in [0.25, 0.3) is 0 Å². The van der Waals surface area contributed by atoms with Crippen LogP contribution in [0.4, 0.5) is 0 Å². The van der Waals surface area contributed by atoms with Crippen LogP contribution in [0.2, 0.25) is 4.34 Å². The van der Waals surface area contributed by atoms with Crippen LogP contribution in [0, 0.1) is 0 Å². The lowest BCUT2D eigenvalue weighted by Crippen LogP contribution is -2.41. The lowest BCUT2D eigenvalue weighted by Gasteiger charge is -2.38. The molecule has 0 amide bonds. The summed E-state index contributed by atoms with van der Waals surface area (Å²) in [4.78, 5) is 15.0. The third-order valence-electron chi connectivity index (χ3n) is 4.06. The molecular weight excluding hydrogens is 306 g/mol. The van der Waals surface area contributed by atoms with Crippen molar-refractivity contribution in [3.8, 4) is 0 Å². The molecule has 5 heteroatoms. The summed E-state index contributed by atoms with van der Waals surface area (Å²) in [7, 11) is 0. The van der Waals surface area contributed by atoms with Crippen LogP contribution in [0.1, 0.15) is 35.0 Å². The van der Waals surface area contributed by atoms with Crippen LogP contribution in [-0.4, -0.2) is 22.5 Å². The predicted octanol–water partition coefficient (Wildman–Crippen LogP) is 4.15. The Morgan fingerprint density at radius 1 is 1.38 bits per heavy atom. The summed E-state index contributed by atoms with van der Waals surface area (Å²) < 4.78 is 0.737. The number of carboxylic acids is 1. The minimum atomic E-state index is -0.795. The van der Waals surface area contributed by atoms with Gasteiger partial charge in [-0.05, 0) is 36.6 Å². The van der Waals surface area contributed by atoms with E-state index in [0.29, 0.717) is 0 Å². The number of aliphatic carboxylic acids is 1. The van der Waals surface area contributed by atoms with Gasteiger partial charge in [0.2, 0.25) is 0 Å². The Kier molecular flexibility index (Phi) is 4.02. The second-order valence-electron chi connectivity index (χ2n) is 5.25. The van der Waals surface area contributed by atoms with E-state index < -0.39 is 12.0 Å². The van der Waals surface area contributed by atoms with Gasteiger partial charge in [-0.3, -0.25) is 9.69 Å². The van der Waals surface area contributed by atoms with Crippen LogP contribution in [0.5, 0.6) is 0 Å². The van der Waals surface area contributed by atoms with Crippen LogP contribution in [0.3, 0.4) is 0 Å². The quantitative estimate of drug-likeness (QED) is 0.923. The van der Waals surface area contributed by atoms with Gasteiger partial charge in [0.1, 0.15) is 6.04 Å². The zero-order valence-corrected chi connectivity index (χ0v) is 13.2. The van der Waals surface area contributed by atoms with E-state index in [0.717, 1.165) is 33.3 Å². The highest BCUT2D eigenvalue weighted by molar-refractivity contribution is 7.16. The number of carbonyl (C=O) groups is 1. The van der Waals surface area contributed by atoms with Gasteiger partial charge in [0.05, 0.1) is 4.34 Å². The van der Waals surface area contributed by atoms with Gasteiger partial charge in [-0.15, -0.1) is 11.3 Å². The second kappa shape index (κ2) is 5.79. The minimum Gasteiger partial charge on any atom is -0.480 e. The Morgan fingerprint density at radius 3 is 2.81 bits per heavy atom. The maximum absolute atomic E-state index is 11.8. The van der Waals surface area contributed by atoms with Crippen molar-refractivity contribution in [2.75, 3.05) is 6.54 Å². The van der Waals surface area contributed by atoms with E-state index in [1.165, 1.54) is 11.3 Å². The molecule has 0 saturated heterocycles. The van der Waals surface area contributed by atoms with E-state index in [9.17, 15) is 9.90 Å². The molecule has 2 aromatic rings. The molecule has 0 fully saturated rings. The highest BCUT2D eigenvalue weighted by atomic mass is 35.5. The summed E-state index contributed by atoms with van der Waals surface area (Å²) in [5, 5.41) is 9.69. The molecule has 2 unspecified atom stereocenters. The Bertz CT molecular complexity index is 670. The highest BCUT2D eigenvalue weighted by Crippen LogP contribution is 2.38. The van der Waals surface area contributed by atoms with Crippen molar-refractivity contribution in [1.29, 1.82) is 0 Å². The molecule has 0 saturated carbocycles. The number of fused-ring (bicyclic) bond motifs is 1. The zero-order valence-electron chi connectivity index (χ0n) is 11.6. The number of halogens is 1. The zero-order chi connectivity index (χ0) is 15.0. The first-order valence-corrected chi connectivity index (χ1v) is 8.09. The minimum absolute atomic E-state index is 0.0388. The number of hydrogen-bond donors (Lipinski definition) is 1. The van der Waals surface area contributed by atoms with E-state index in [1.54, 1.807) is 0 Å². The fourth-order valence-corrected chi connectivity index (χ4v) is 4.13. The SMILES string of the molecule is CC(c1ccc(Cl)s1)N1CCc2ccccc2C1C(=O)O. The number of benzene rings is 1. The Hall–Kier alpha value is -1.36. The van der Waals surface area contributed by atoms with E-state index >= 15 is 0 Å². The molecule has 21 heavy (non-hydrogen) atoms. The smallest absolute Gasteiger partial charge is 0.325 e. The normalized spacial score (nSPS) is 20.0. The summed E-state index contributed by atoms with van der Waals surface area (Å²) in [6, 6.07) is 11.1. The molecular formula is C16H16ClNO2S. The topological polar surface area (TPSA) is 40.5 Å². The largest absolute Gasteiger partial charge is 0.480 e. The molecule has 1 N–H and O–H groups in total. The molecule has 2 heterocycles. The highest BCUT2D eigenvalue weighted by Gasteiger charge is 2.36. The maximum Gasteiger partial charge on any atom is 0.325 e. The molecule has 1 aliphatic rings. The number of hydrogen-bond acceptors (Lipinski definition) is 3. The average Bonchev–Trinajstić information content (AvgIpc) is 2.91. The van der Waals surface area contributed by atoms with Gasteiger partial charge in [-0.1, -0.05) is 35.9 Å². The summed E-state index contributed by atoms with van der Waals surface area (Å²) >= 11 is 7.52. The molecule has 110 valence electrons. The van der Waals surface area contributed by atoms with E-state index in [2.05, 4.69) is 0 Å². The van der Waals surface area contributed by atoms with Gasteiger partial charge in [-0.2, -0.15) is 0 Å². The number of nitrogens with zero attached hydrogens (tertiary/aromatic N) is 1. The summed E-state index contributed by atoms with van der Waals surface area (Å²) in [5.41, 5.74) is 2.04. The van der Waals surface area contributed by atoms with Crippen molar-refractivity contribution >= 4 is 28.9 Å². The van der Waals surface area contributed by atoms with Crippen molar-refractivity contribution < 1.29 is 9.90 Å². The lowest BCUT2D eigenvalue weighted by molar-refractivity contribution is -0.145. The van der Waals surface area contributed by atoms with Gasteiger partial charge >= 0.3 is 5.97 Å². The van der Waals surface area contributed by atoms with E-state index in [1.807, 2.05) is 48.2 Å². The number of thiophene rings is 1. The van der Waals surface area contributed by atoms with Gasteiger partial charge in [0, 0.05) is 17.5 Å². The van der Waals surface area contributed by atoms with Crippen molar-refractivity contribution in [1.82, 2.24) is 4.90 Å². The first kappa shape index (κ1) is 14.6.